The molecule has 0 saturated carbocycles. The Hall–Kier alpha value is -1.99. The fourth-order valence-corrected chi connectivity index (χ4v) is 3.10. The maximum atomic E-state index is 12.4. The number of allylic oxidation sites excluding steroid dienone is 1. The number of carbonyl (C=O) groups excluding carboxylic acids is 1. The Morgan fingerprint density at radius 2 is 2.04 bits per heavy atom. The zero-order valence-electron chi connectivity index (χ0n) is 13.9. The largest absolute Gasteiger partial charge is 0.493 e. The molecule has 1 aromatic rings. The normalized spacial score (nSPS) is 17.0. The first-order valence-corrected chi connectivity index (χ1v) is 8.08. The summed E-state index contributed by atoms with van der Waals surface area (Å²) in [5.41, 5.74) is 1.78. The lowest BCUT2D eigenvalue weighted by Crippen LogP contribution is -2.45. The van der Waals surface area contributed by atoms with Crippen LogP contribution in [0.15, 0.2) is 23.4 Å². The molecule has 1 aliphatic heterocycles. The number of benzene rings is 1. The van der Waals surface area contributed by atoms with Crippen LogP contribution in [0.1, 0.15) is 25.5 Å². The molecule has 8 heteroatoms. The van der Waals surface area contributed by atoms with Crippen LogP contribution in [0.5, 0.6) is 11.5 Å². The number of hydrogen-bond acceptors (Lipinski definition) is 5. The van der Waals surface area contributed by atoms with E-state index in [9.17, 15) is 4.79 Å². The fourth-order valence-electron chi connectivity index (χ4n) is 2.53. The van der Waals surface area contributed by atoms with Gasteiger partial charge in [0.2, 0.25) is 0 Å². The molecule has 6 nitrogen and oxygen atoms in total. The van der Waals surface area contributed by atoms with Crippen molar-refractivity contribution in [2.75, 3.05) is 20.8 Å². The summed E-state index contributed by atoms with van der Waals surface area (Å²) in [5, 5.41) is 6.81. The van der Waals surface area contributed by atoms with Gasteiger partial charge in [0.25, 0.3) is 0 Å². The fraction of sp³-hybridized carbons (Fsp3) is 0.375. The summed E-state index contributed by atoms with van der Waals surface area (Å²) in [6, 6.07) is 2.96. The topological polar surface area (TPSA) is 68.8 Å². The van der Waals surface area contributed by atoms with Crippen LogP contribution in [0.2, 0.25) is 5.02 Å². The van der Waals surface area contributed by atoms with Gasteiger partial charge in [-0.15, -0.1) is 0 Å². The van der Waals surface area contributed by atoms with Crippen molar-refractivity contribution >= 4 is 34.9 Å². The summed E-state index contributed by atoms with van der Waals surface area (Å²) in [6.45, 7) is 3.80. The molecule has 2 N–H and O–H groups in total. The molecule has 0 saturated heterocycles. The van der Waals surface area contributed by atoms with Crippen LogP contribution in [0.25, 0.3) is 0 Å². The van der Waals surface area contributed by atoms with E-state index in [4.69, 9.17) is 38.0 Å². The van der Waals surface area contributed by atoms with Crippen LogP contribution < -0.4 is 20.1 Å². The minimum absolute atomic E-state index is 0.277. The highest BCUT2D eigenvalue weighted by Crippen LogP contribution is 2.39. The third kappa shape index (κ3) is 3.57. The molecule has 0 spiro atoms. The predicted molar refractivity (Wildman–Crippen MR) is 95.5 cm³/mol. The first kappa shape index (κ1) is 18.4. The molecule has 1 heterocycles. The summed E-state index contributed by atoms with van der Waals surface area (Å²) in [7, 11) is 3.03. The molecule has 130 valence electrons. The van der Waals surface area contributed by atoms with Crippen LogP contribution in [-0.4, -0.2) is 31.9 Å². The highest BCUT2D eigenvalue weighted by atomic mass is 35.5. The number of esters is 1. The van der Waals surface area contributed by atoms with Crippen molar-refractivity contribution in [3.8, 4) is 11.5 Å². The van der Waals surface area contributed by atoms with Gasteiger partial charge in [-0.25, -0.2) is 4.79 Å². The van der Waals surface area contributed by atoms with Crippen molar-refractivity contribution in [2.45, 2.75) is 19.9 Å². The van der Waals surface area contributed by atoms with Crippen LogP contribution >= 0.6 is 23.8 Å². The van der Waals surface area contributed by atoms with Crippen molar-refractivity contribution < 1.29 is 19.0 Å². The summed E-state index contributed by atoms with van der Waals surface area (Å²) < 4.78 is 15.7. The summed E-state index contributed by atoms with van der Waals surface area (Å²) >= 11 is 11.5. The van der Waals surface area contributed by atoms with Gasteiger partial charge in [0.15, 0.2) is 16.6 Å². The van der Waals surface area contributed by atoms with Crippen LogP contribution in [-0.2, 0) is 9.53 Å². The van der Waals surface area contributed by atoms with Gasteiger partial charge >= 0.3 is 5.97 Å². The van der Waals surface area contributed by atoms with E-state index in [0.717, 1.165) is 0 Å². The SMILES string of the molecule is CCOC(=O)C1=C(C)NC(=S)N[C@H]1c1cc(Cl)c(OC)c(OC)c1. The van der Waals surface area contributed by atoms with E-state index in [1.54, 1.807) is 26.0 Å². The van der Waals surface area contributed by atoms with Gasteiger partial charge in [0, 0.05) is 5.70 Å². The molecular formula is C16H19ClN2O4S. The van der Waals surface area contributed by atoms with Crippen molar-refractivity contribution in [1.29, 1.82) is 0 Å². The molecule has 1 atom stereocenters. The number of halogens is 1. The van der Waals surface area contributed by atoms with E-state index >= 15 is 0 Å². The molecule has 0 radical (unpaired) electrons. The van der Waals surface area contributed by atoms with E-state index in [-0.39, 0.29) is 6.61 Å². The van der Waals surface area contributed by atoms with Crippen LogP contribution in [0.4, 0.5) is 0 Å². The first-order chi connectivity index (χ1) is 11.4. The Morgan fingerprint density at radius 1 is 1.33 bits per heavy atom. The van der Waals surface area contributed by atoms with E-state index in [1.165, 1.54) is 14.2 Å². The third-order valence-electron chi connectivity index (χ3n) is 3.55. The Bertz CT molecular complexity index is 706. The number of carbonyl (C=O) groups is 1. The second kappa shape index (κ2) is 7.72. The van der Waals surface area contributed by atoms with Gasteiger partial charge < -0.3 is 24.8 Å². The molecule has 0 amide bonds. The summed E-state index contributed by atoms with van der Waals surface area (Å²) in [4.78, 5) is 12.4. The number of hydrogen-bond donors (Lipinski definition) is 2. The minimum atomic E-state index is -0.505. The lowest BCUT2D eigenvalue weighted by atomic mass is 9.95. The highest BCUT2D eigenvalue weighted by molar-refractivity contribution is 7.80. The Kier molecular flexibility index (Phi) is 5.90. The molecule has 0 aromatic heterocycles. The Morgan fingerprint density at radius 3 is 2.62 bits per heavy atom. The smallest absolute Gasteiger partial charge is 0.338 e. The monoisotopic (exact) mass is 370 g/mol. The minimum Gasteiger partial charge on any atom is -0.493 e. The second-order valence-electron chi connectivity index (χ2n) is 5.03. The average molecular weight is 371 g/mol. The summed E-state index contributed by atoms with van der Waals surface area (Å²) in [5.74, 6) is 0.471. The Labute approximate surface area is 151 Å². The lowest BCUT2D eigenvalue weighted by molar-refractivity contribution is -0.139. The van der Waals surface area contributed by atoms with Gasteiger partial charge in [-0.1, -0.05) is 11.6 Å². The van der Waals surface area contributed by atoms with Gasteiger partial charge in [0.05, 0.1) is 37.5 Å². The van der Waals surface area contributed by atoms with Crippen molar-refractivity contribution in [2.24, 2.45) is 0 Å². The molecule has 0 aliphatic carbocycles. The third-order valence-corrected chi connectivity index (χ3v) is 4.05. The summed E-state index contributed by atoms with van der Waals surface area (Å²) in [6.07, 6.45) is 0. The number of nitrogens with one attached hydrogen (secondary N) is 2. The Balaban J connectivity index is 2.55. The molecular weight excluding hydrogens is 352 g/mol. The number of methoxy groups -OCH3 is 2. The lowest BCUT2D eigenvalue weighted by Gasteiger charge is -2.30. The van der Waals surface area contributed by atoms with E-state index < -0.39 is 12.0 Å². The molecule has 0 bridgehead atoms. The molecule has 1 aromatic carbocycles. The average Bonchev–Trinajstić information content (AvgIpc) is 2.53. The molecule has 1 aliphatic rings. The van der Waals surface area contributed by atoms with Gasteiger partial charge in [-0.3, -0.25) is 0 Å². The molecule has 0 unspecified atom stereocenters. The van der Waals surface area contributed by atoms with Crippen molar-refractivity contribution in [3.05, 3.63) is 34.0 Å². The number of rotatable bonds is 5. The quantitative estimate of drug-likeness (QED) is 0.610. The number of ether oxygens (including phenoxy) is 3. The van der Waals surface area contributed by atoms with Crippen molar-refractivity contribution in [3.63, 3.8) is 0 Å². The molecule has 0 fully saturated rings. The van der Waals surface area contributed by atoms with Gasteiger partial charge in [-0.05, 0) is 43.8 Å². The van der Waals surface area contributed by atoms with Gasteiger partial charge in [-0.2, -0.15) is 0 Å². The van der Waals surface area contributed by atoms with Crippen LogP contribution in [0.3, 0.4) is 0 Å². The maximum absolute atomic E-state index is 12.4. The van der Waals surface area contributed by atoms with E-state index in [1.807, 2.05) is 0 Å². The maximum Gasteiger partial charge on any atom is 0.338 e. The molecule has 2 rings (SSSR count). The van der Waals surface area contributed by atoms with Crippen LogP contribution in [0, 0.1) is 0 Å². The standard InChI is InChI=1S/C16H19ClN2O4S/c1-5-23-15(20)12-8(2)18-16(24)19-13(12)9-6-10(17)14(22-4)11(7-9)21-3/h6-7,13H,5H2,1-4H3,(H2,18,19,24)/t13-/m0/s1. The number of thiocarbonyl (C=S) groups is 1. The highest BCUT2D eigenvalue weighted by Gasteiger charge is 2.32. The van der Waals surface area contributed by atoms with E-state index in [2.05, 4.69) is 10.6 Å². The zero-order chi connectivity index (χ0) is 17.9. The second-order valence-corrected chi connectivity index (χ2v) is 5.84. The zero-order valence-corrected chi connectivity index (χ0v) is 15.4. The van der Waals surface area contributed by atoms with Crippen molar-refractivity contribution in [1.82, 2.24) is 10.6 Å². The van der Waals surface area contributed by atoms with Gasteiger partial charge in [0.1, 0.15) is 0 Å². The molecule has 24 heavy (non-hydrogen) atoms. The first-order valence-electron chi connectivity index (χ1n) is 7.29. The van der Waals surface area contributed by atoms with E-state index in [0.29, 0.717) is 38.5 Å². The predicted octanol–water partition coefficient (Wildman–Crippen LogP) is 2.71.